The molecule has 94 valence electrons. The number of thioether (sulfide) groups is 1. The Morgan fingerprint density at radius 2 is 2.17 bits per heavy atom. The Hall–Kier alpha value is -2.02. The zero-order valence-corrected chi connectivity index (χ0v) is 10.6. The number of anilines is 1. The largest absolute Gasteiger partial charge is 0.336 e. The summed E-state index contributed by atoms with van der Waals surface area (Å²) in [6, 6.07) is 9.29. The van der Waals surface area contributed by atoms with Gasteiger partial charge in [0, 0.05) is 5.69 Å². The second-order valence-electron chi connectivity index (χ2n) is 3.64. The van der Waals surface area contributed by atoms with Crippen molar-refractivity contribution in [3.05, 3.63) is 36.7 Å². The third-order valence-corrected chi connectivity index (χ3v) is 3.30. The topological polar surface area (TPSA) is 85.8 Å². The van der Waals surface area contributed by atoms with Crippen LogP contribution in [0.15, 0.2) is 41.8 Å². The normalized spacial score (nSPS) is 12.1. The van der Waals surface area contributed by atoms with Gasteiger partial charge in [-0.25, -0.2) is 4.68 Å². The van der Waals surface area contributed by atoms with Gasteiger partial charge < -0.3 is 11.2 Å². The van der Waals surface area contributed by atoms with Crippen molar-refractivity contribution in [2.75, 3.05) is 11.2 Å². The van der Waals surface area contributed by atoms with Crippen molar-refractivity contribution >= 4 is 23.4 Å². The minimum absolute atomic E-state index is 0.103. The van der Waals surface area contributed by atoms with Crippen molar-refractivity contribution in [2.45, 2.75) is 17.3 Å². The number of carbonyl (C=O) groups is 1. The van der Waals surface area contributed by atoms with Crippen LogP contribution >= 0.6 is 11.8 Å². The third-order valence-electron chi connectivity index (χ3n) is 2.23. The van der Waals surface area contributed by atoms with Crippen LogP contribution < -0.4 is 11.2 Å². The summed E-state index contributed by atoms with van der Waals surface area (Å²) in [6.07, 6.45) is 1.39. The number of amides is 1. The van der Waals surface area contributed by atoms with E-state index in [-0.39, 0.29) is 11.2 Å². The fourth-order valence-electron chi connectivity index (χ4n) is 1.29. The van der Waals surface area contributed by atoms with E-state index in [1.807, 2.05) is 30.3 Å². The number of benzene rings is 1. The summed E-state index contributed by atoms with van der Waals surface area (Å²) >= 11 is 1.26. The second kappa shape index (κ2) is 5.54. The molecule has 1 aromatic heterocycles. The summed E-state index contributed by atoms with van der Waals surface area (Å²) in [5, 5.41) is 10.5. The maximum absolute atomic E-state index is 11.9. The predicted molar refractivity (Wildman–Crippen MR) is 70.6 cm³/mol. The van der Waals surface area contributed by atoms with E-state index in [0.717, 1.165) is 5.69 Å². The second-order valence-corrected chi connectivity index (χ2v) is 4.94. The molecule has 0 spiro atoms. The Morgan fingerprint density at radius 3 is 2.78 bits per heavy atom. The van der Waals surface area contributed by atoms with Gasteiger partial charge >= 0.3 is 0 Å². The highest BCUT2D eigenvalue weighted by Crippen LogP contribution is 2.20. The van der Waals surface area contributed by atoms with Crippen molar-refractivity contribution in [3.63, 3.8) is 0 Å². The smallest absolute Gasteiger partial charge is 0.237 e. The molecule has 0 aliphatic heterocycles. The number of nitrogen functional groups attached to an aromatic ring is 1. The van der Waals surface area contributed by atoms with Gasteiger partial charge in [0.15, 0.2) is 0 Å². The lowest BCUT2D eigenvalue weighted by Gasteiger charge is -2.10. The molecule has 0 aliphatic carbocycles. The number of hydrogen-bond acceptors (Lipinski definition) is 5. The number of aromatic nitrogens is 3. The predicted octanol–water partition coefficient (Wildman–Crippen LogP) is 1.11. The molecule has 1 heterocycles. The van der Waals surface area contributed by atoms with Crippen LogP contribution in [0.2, 0.25) is 0 Å². The van der Waals surface area contributed by atoms with Gasteiger partial charge in [-0.1, -0.05) is 30.0 Å². The highest BCUT2D eigenvalue weighted by Gasteiger charge is 2.17. The molecule has 1 aromatic carbocycles. The van der Waals surface area contributed by atoms with E-state index in [0.29, 0.717) is 5.16 Å². The molecular formula is C11H13N5OS. The Bertz CT molecular complexity index is 527. The Kier molecular flexibility index (Phi) is 3.83. The molecule has 1 amide bonds. The standard InChI is InChI=1S/C11H13N5OS/c1-8(18-11-15-13-7-16(11)12)10(17)14-9-5-3-2-4-6-9/h2-8H,12H2,1H3,(H,14,17)/t8-/m1/s1. The number of para-hydroxylation sites is 1. The van der Waals surface area contributed by atoms with E-state index in [1.54, 1.807) is 6.92 Å². The first-order chi connectivity index (χ1) is 8.66. The van der Waals surface area contributed by atoms with Crippen molar-refractivity contribution in [2.24, 2.45) is 0 Å². The van der Waals surface area contributed by atoms with E-state index in [1.165, 1.54) is 22.8 Å². The van der Waals surface area contributed by atoms with Crippen molar-refractivity contribution in [1.29, 1.82) is 0 Å². The fourth-order valence-corrected chi connectivity index (χ4v) is 2.04. The molecule has 0 aliphatic rings. The Labute approximate surface area is 109 Å². The maximum Gasteiger partial charge on any atom is 0.237 e. The van der Waals surface area contributed by atoms with Crippen LogP contribution in [0.4, 0.5) is 5.69 Å². The van der Waals surface area contributed by atoms with Gasteiger partial charge in [-0.2, -0.15) is 0 Å². The highest BCUT2D eigenvalue weighted by atomic mass is 32.2. The molecule has 0 bridgehead atoms. The zero-order valence-electron chi connectivity index (χ0n) is 9.78. The molecule has 0 fully saturated rings. The number of nitrogens with two attached hydrogens (primary N) is 1. The zero-order chi connectivity index (χ0) is 13.0. The van der Waals surface area contributed by atoms with E-state index < -0.39 is 0 Å². The minimum Gasteiger partial charge on any atom is -0.336 e. The lowest BCUT2D eigenvalue weighted by molar-refractivity contribution is -0.115. The van der Waals surface area contributed by atoms with Crippen molar-refractivity contribution < 1.29 is 4.79 Å². The van der Waals surface area contributed by atoms with Gasteiger partial charge in [0.05, 0.1) is 5.25 Å². The lowest BCUT2D eigenvalue weighted by Crippen LogP contribution is -2.23. The molecule has 0 saturated heterocycles. The molecule has 0 saturated carbocycles. The van der Waals surface area contributed by atoms with Crippen LogP contribution in [0.1, 0.15) is 6.92 Å². The van der Waals surface area contributed by atoms with Crippen LogP contribution in [-0.2, 0) is 4.79 Å². The summed E-state index contributed by atoms with van der Waals surface area (Å²) in [5.41, 5.74) is 0.768. The average Bonchev–Trinajstić information content (AvgIpc) is 2.76. The first-order valence-electron chi connectivity index (χ1n) is 5.34. The third kappa shape index (κ3) is 3.01. The summed E-state index contributed by atoms with van der Waals surface area (Å²) in [4.78, 5) is 11.9. The van der Waals surface area contributed by atoms with Crippen molar-refractivity contribution in [3.8, 4) is 0 Å². The highest BCUT2D eigenvalue weighted by molar-refractivity contribution is 8.00. The summed E-state index contributed by atoms with van der Waals surface area (Å²) < 4.78 is 1.29. The molecule has 2 rings (SSSR count). The SMILES string of the molecule is C[C@@H](Sc1nncn1N)C(=O)Nc1ccccc1. The summed E-state index contributed by atoms with van der Waals surface area (Å²) in [5.74, 6) is 5.48. The molecule has 18 heavy (non-hydrogen) atoms. The van der Waals surface area contributed by atoms with E-state index in [9.17, 15) is 4.79 Å². The molecule has 2 aromatic rings. The van der Waals surface area contributed by atoms with Gasteiger partial charge in [-0.15, -0.1) is 10.2 Å². The number of nitrogens with zero attached hydrogens (tertiary/aromatic N) is 3. The van der Waals surface area contributed by atoms with Crippen LogP contribution in [-0.4, -0.2) is 26.0 Å². The summed E-state index contributed by atoms with van der Waals surface area (Å²) in [6.45, 7) is 1.79. The van der Waals surface area contributed by atoms with Crippen LogP contribution in [0, 0.1) is 0 Å². The van der Waals surface area contributed by atoms with Crippen molar-refractivity contribution in [1.82, 2.24) is 14.9 Å². The number of rotatable bonds is 4. The summed E-state index contributed by atoms with van der Waals surface area (Å²) in [7, 11) is 0. The van der Waals surface area contributed by atoms with Crippen LogP contribution in [0.3, 0.4) is 0 Å². The van der Waals surface area contributed by atoms with Gasteiger partial charge in [0.1, 0.15) is 6.33 Å². The fraction of sp³-hybridized carbons (Fsp3) is 0.182. The first kappa shape index (κ1) is 12.4. The number of hydrogen-bond donors (Lipinski definition) is 2. The molecule has 6 nitrogen and oxygen atoms in total. The Balaban J connectivity index is 1.95. The molecule has 3 N–H and O–H groups in total. The van der Waals surface area contributed by atoms with E-state index >= 15 is 0 Å². The number of carbonyl (C=O) groups excluding carboxylic acids is 1. The lowest BCUT2D eigenvalue weighted by atomic mass is 10.3. The van der Waals surface area contributed by atoms with Gasteiger partial charge in [-0.05, 0) is 19.1 Å². The first-order valence-corrected chi connectivity index (χ1v) is 6.22. The average molecular weight is 263 g/mol. The van der Waals surface area contributed by atoms with Crippen LogP contribution in [0.5, 0.6) is 0 Å². The molecule has 0 unspecified atom stereocenters. The molecule has 0 radical (unpaired) electrons. The van der Waals surface area contributed by atoms with Crippen LogP contribution in [0.25, 0.3) is 0 Å². The van der Waals surface area contributed by atoms with Gasteiger partial charge in [-0.3, -0.25) is 4.79 Å². The molecular weight excluding hydrogens is 250 g/mol. The Morgan fingerprint density at radius 1 is 1.44 bits per heavy atom. The minimum atomic E-state index is -0.309. The molecule has 1 atom stereocenters. The number of nitrogens with one attached hydrogen (secondary N) is 1. The van der Waals surface area contributed by atoms with Gasteiger partial charge in [0.2, 0.25) is 11.1 Å². The monoisotopic (exact) mass is 263 g/mol. The van der Waals surface area contributed by atoms with E-state index in [2.05, 4.69) is 15.5 Å². The maximum atomic E-state index is 11.9. The quantitative estimate of drug-likeness (QED) is 0.637. The molecule has 7 heteroatoms. The van der Waals surface area contributed by atoms with E-state index in [4.69, 9.17) is 5.84 Å². The van der Waals surface area contributed by atoms with Gasteiger partial charge in [0.25, 0.3) is 0 Å².